The Labute approximate surface area is 155 Å². The molecule has 0 spiro atoms. The number of carbonyl (C=O) groups is 1. The summed E-state index contributed by atoms with van der Waals surface area (Å²) in [5, 5.41) is 3.32. The van der Waals surface area contributed by atoms with Crippen molar-refractivity contribution in [1.29, 1.82) is 0 Å². The molecule has 0 radical (unpaired) electrons. The second-order valence-corrected chi connectivity index (χ2v) is 6.14. The summed E-state index contributed by atoms with van der Waals surface area (Å²) in [7, 11) is 0. The lowest BCUT2D eigenvalue weighted by Crippen LogP contribution is -2.32. The zero-order valence-electron chi connectivity index (χ0n) is 14.4. The van der Waals surface area contributed by atoms with E-state index in [0.29, 0.717) is 16.3 Å². The minimum absolute atomic E-state index is 0.0553. The van der Waals surface area contributed by atoms with Gasteiger partial charge < -0.3 is 21.2 Å². The van der Waals surface area contributed by atoms with Crippen LogP contribution in [0.1, 0.15) is 36.0 Å². The summed E-state index contributed by atoms with van der Waals surface area (Å²) >= 11 is 6.17. The number of aromatic nitrogens is 2. The number of carbonyl (C=O) groups excluding carboxylic acids is 1. The van der Waals surface area contributed by atoms with Gasteiger partial charge in [0.25, 0.3) is 5.91 Å². The van der Waals surface area contributed by atoms with Gasteiger partial charge in [-0.25, -0.2) is 9.98 Å². The van der Waals surface area contributed by atoms with E-state index in [2.05, 4.69) is 26.9 Å². The number of hydrogen-bond acceptors (Lipinski definition) is 5. The van der Waals surface area contributed by atoms with Gasteiger partial charge in [-0.15, -0.1) is 0 Å². The number of hydrogen-bond donors (Lipinski definition) is 3. The lowest BCUT2D eigenvalue weighted by molar-refractivity contribution is 0.0973. The number of nitrogens with one attached hydrogen (secondary N) is 1. The molecule has 136 valence electrons. The quantitative estimate of drug-likeness (QED) is 0.403. The number of primary amides is 1. The highest BCUT2D eigenvalue weighted by Gasteiger charge is 2.24. The number of aliphatic imine (C=N–C) groups is 1. The third kappa shape index (κ3) is 4.48. The molecule has 2 heterocycles. The SMILES string of the molecule is C=C/C(=C\NC(N)=NC(C)(C)c1ncccc1Cl)c1ncc(C(N)=O)o1. The Bertz CT molecular complexity index is 885. The largest absolute Gasteiger partial charge is 0.431 e. The van der Waals surface area contributed by atoms with Crippen molar-refractivity contribution in [2.75, 3.05) is 0 Å². The molecule has 0 unspecified atom stereocenters. The molecule has 8 nitrogen and oxygen atoms in total. The number of allylic oxidation sites excluding steroid dienone is 2. The molecule has 0 aromatic carbocycles. The van der Waals surface area contributed by atoms with Gasteiger partial charge in [-0.05, 0) is 26.0 Å². The van der Waals surface area contributed by atoms with E-state index in [4.69, 9.17) is 27.5 Å². The maximum Gasteiger partial charge on any atom is 0.286 e. The van der Waals surface area contributed by atoms with Gasteiger partial charge >= 0.3 is 0 Å². The van der Waals surface area contributed by atoms with Crippen LogP contribution in [0.3, 0.4) is 0 Å². The minimum Gasteiger partial charge on any atom is -0.431 e. The molecule has 0 saturated carbocycles. The Kier molecular flexibility index (Phi) is 5.78. The fraction of sp³-hybridized carbons (Fsp3) is 0.176. The van der Waals surface area contributed by atoms with Crippen LogP contribution in [0, 0.1) is 0 Å². The van der Waals surface area contributed by atoms with Gasteiger partial charge in [0.2, 0.25) is 11.7 Å². The van der Waals surface area contributed by atoms with Crippen molar-refractivity contribution in [2.24, 2.45) is 16.5 Å². The van der Waals surface area contributed by atoms with E-state index >= 15 is 0 Å². The smallest absolute Gasteiger partial charge is 0.286 e. The monoisotopic (exact) mass is 374 g/mol. The van der Waals surface area contributed by atoms with E-state index in [-0.39, 0.29) is 17.6 Å². The summed E-state index contributed by atoms with van der Waals surface area (Å²) in [6, 6.07) is 3.47. The molecule has 0 aliphatic heterocycles. The van der Waals surface area contributed by atoms with E-state index in [1.807, 2.05) is 13.8 Å². The highest BCUT2D eigenvalue weighted by atomic mass is 35.5. The number of oxazole rings is 1. The molecule has 0 aliphatic rings. The molecule has 0 atom stereocenters. The normalized spacial score (nSPS) is 12.7. The Balaban J connectivity index is 2.21. The number of pyridine rings is 1. The van der Waals surface area contributed by atoms with Gasteiger partial charge in [0, 0.05) is 12.4 Å². The molecule has 5 N–H and O–H groups in total. The van der Waals surface area contributed by atoms with Crippen molar-refractivity contribution >= 4 is 29.0 Å². The highest BCUT2D eigenvalue weighted by molar-refractivity contribution is 6.31. The Morgan fingerprint density at radius 3 is 2.73 bits per heavy atom. The van der Waals surface area contributed by atoms with Gasteiger partial charge in [0.05, 0.1) is 22.5 Å². The first kappa shape index (κ1) is 19.2. The number of nitrogens with zero attached hydrogens (tertiary/aromatic N) is 3. The Hall–Kier alpha value is -3.13. The van der Waals surface area contributed by atoms with Crippen LogP contribution in [0.15, 0.2) is 52.8 Å². The van der Waals surface area contributed by atoms with Gasteiger partial charge in [-0.3, -0.25) is 9.78 Å². The fourth-order valence-corrected chi connectivity index (χ4v) is 2.46. The molecule has 1 amide bonds. The molecule has 2 aromatic heterocycles. The third-order valence-electron chi connectivity index (χ3n) is 3.33. The van der Waals surface area contributed by atoms with Crippen LogP contribution >= 0.6 is 11.6 Å². The van der Waals surface area contributed by atoms with Crippen LogP contribution in [-0.4, -0.2) is 21.8 Å². The molecule has 9 heteroatoms. The van der Waals surface area contributed by atoms with Crippen LogP contribution in [0.2, 0.25) is 5.02 Å². The number of amides is 1. The summed E-state index contributed by atoms with van der Waals surface area (Å²) in [4.78, 5) is 23.7. The molecule has 2 rings (SSSR count). The zero-order valence-corrected chi connectivity index (χ0v) is 15.1. The first-order chi connectivity index (χ1) is 12.2. The molecule has 0 saturated heterocycles. The van der Waals surface area contributed by atoms with E-state index in [1.165, 1.54) is 18.5 Å². The van der Waals surface area contributed by atoms with Gasteiger partial charge in [0.1, 0.15) is 5.54 Å². The average Bonchev–Trinajstić information content (AvgIpc) is 3.05. The predicted molar refractivity (Wildman–Crippen MR) is 100 cm³/mol. The summed E-state index contributed by atoms with van der Waals surface area (Å²) < 4.78 is 5.24. The van der Waals surface area contributed by atoms with E-state index < -0.39 is 11.4 Å². The third-order valence-corrected chi connectivity index (χ3v) is 3.63. The predicted octanol–water partition coefficient (Wildman–Crippen LogP) is 2.19. The number of rotatable bonds is 6. The molecule has 0 bridgehead atoms. The second kappa shape index (κ2) is 7.83. The van der Waals surface area contributed by atoms with Crippen molar-refractivity contribution < 1.29 is 9.21 Å². The van der Waals surface area contributed by atoms with Crippen molar-refractivity contribution in [1.82, 2.24) is 15.3 Å². The maximum atomic E-state index is 11.1. The Morgan fingerprint density at radius 1 is 1.42 bits per heavy atom. The van der Waals surface area contributed by atoms with Crippen molar-refractivity contribution in [2.45, 2.75) is 19.4 Å². The van der Waals surface area contributed by atoms with Crippen LogP contribution < -0.4 is 16.8 Å². The molecule has 0 fully saturated rings. The first-order valence-corrected chi connectivity index (χ1v) is 7.94. The first-order valence-electron chi connectivity index (χ1n) is 7.56. The summed E-state index contributed by atoms with van der Waals surface area (Å²) in [6.07, 6.45) is 5.85. The summed E-state index contributed by atoms with van der Waals surface area (Å²) in [6.45, 7) is 7.34. The van der Waals surface area contributed by atoms with Crippen LogP contribution in [0.25, 0.3) is 5.57 Å². The number of halogens is 1. The minimum atomic E-state index is -0.750. The Morgan fingerprint density at radius 2 is 2.15 bits per heavy atom. The van der Waals surface area contributed by atoms with Crippen molar-refractivity contribution in [3.05, 3.63) is 65.7 Å². The lowest BCUT2D eigenvalue weighted by atomic mass is 10.0. The van der Waals surface area contributed by atoms with Crippen LogP contribution in [0.4, 0.5) is 0 Å². The standard InChI is InChI=1S/C17H19ClN6O2/c1-4-10(15-22-9-12(26-15)14(19)25)8-23-16(20)24-17(2,3)13-11(18)6-5-7-21-13/h4-9H,1H2,2-3H3,(H2,19,25)(H3,20,23,24)/b10-8+. The second-order valence-electron chi connectivity index (χ2n) is 5.73. The molecule has 0 aliphatic carbocycles. The van der Waals surface area contributed by atoms with E-state index in [1.54, 1.807) is 18.3 Å². The summed E-state index contributed by atoms with van der Waals surface area (Å²) in [5.41, 5.74) is 11.4. The maximum absolute atomic E-state index is 11.1. The molecular formula is C17H19ClN6O2. The molecule has 26 heavy (non-hydrogen) atoms. The van der Waals surface area contributed by atoms with Crippen LogP contribution in [-0.2, 0) is 5.54 Å². The van der Waals surface area contributed by atoms with Crippen LogP contribution in [0.5, 0.6) is 0 Å². The number of nitrogens with two attached hydrogens (primary N) is 2. The van der Waals surface area contributed by atoms with Crippen molar-refractivity contribution in [3.8, 4) is 0 Å². The van der Waals surface area contributed by atoms with Gasteiger partial charge in [-0.1, -0.05) is 24.3 Å². The number of guanidine groups is 1. The van der Waals surface area contributed by atoms with Crippen molar-refractivity contribution in [3.63, 3.8) is 0 Å². The summed E-state index contributed by atoms with van der Waals surface area (Å²) in [5.74, 6) is -0.477. The topological polar surface area (TPSA) is 132 Å². The van der Waals surface area contributed by atoms with E-state index in [0.717, 1.165) is 0 Å². The lowest BCUT2D eigenvalue weighted by Gasteiger charge is -2.21. The fourth-order valence-electron chi connectivity index (χ4n) is 2.10. The highest BCUT2D eigenvalue weighted by Crippen LogP contribution is 2.28. The van der Waals surface area contributed by atoms with Gasteiger partial charge in [-0.2, -0.15) is 0 Å². The van der Waals surface area contributed by atoms with E-state index in [9.17, 15) is 4.79 Å². The average molecular weight is 375 g/mol. The van der Waals surface area contributed by atoms with Gasteiger partial charge in [0.15, 0.2) is 5.96 Å². The zero-order chi connectivity index (χ0) is 19.3. The molecule has 2 aromatic rings. The molecular weight excluding hydrogens is 356 g/mol.